The molecular formula is C6H10ClF3O3S. The minimum absolute atomic E-state index is 0.323. The van der Waals surface area contributed by atoms with Crippen LogP contribution in [0.15, 0.2) is 0 Å². The molecular weight excluding hydrogens is 245 g/mol. The first-order chi connectivity index (χ1) is 6.10. The Morgan fingerprint density at radius 2 is 1.86 bits per heavy atom. The molecule has 14 heavy (non-hydrogen) atoms. The highest BCUT2D eigenvalue weighted by Gasteiger charge is 2.51. The Labute approximate surface area is 84.6 Å². The highest BCUT2D eigenvalue weighted by molar-refractivity contribution is 8.14. The molecule has 0 aliphatic heterocycles. The molecule has 0 fully saturated rings. The Bertz CT molecular complexity index is 275. The van der Waals surface area contributed by atoms with Crippen LogP contribution >= 0.6 is 10.7 Å². The maximum absolute atomic E-state index is 12.3. The van der Waals surface area contributed by atoms with E-state index < -0.39 is 26.4 Å². The summed E-state index contributed by atoms with van der Waals surface area (Å²) < 4.78 is 62.6. The molecule has 0 aromatic heterocycles. The van der Waals surface area contributed by atoms with Crippen LogP contribution in [-0.4, -0.2) is 33.6 Å². The van der Waals surface area contributed by atoms with Crippen molar-refractivity contribution in [1.29, 1.82) is 0 Å². The minimum Gasteiger partial charge on any atom is -0.384 e. The van der Waals surface area contributed by atoms with Gasteiger partial charge in [-0.25, -0.2) is 8.42 Å². The topological polar surface area (TPSA) is 43.4 Å². The lowest BCUT2D eigenvalue weighted by Crippen LogP contribution is -2.41. The lowest BCUT2D eigenvalue weighted by atomic mass is 10.1. The van der Waals surface area contributed by atoms with Gasteiger partial charge in [-0.1, -0.05) is 6.92 Å². The molecule has 86 valence electrons. The van der Waals surface area contributed by atoms with Crippen molar-refractivity contribution in [1.82, 2.24) is 0 Å². The van der Waals surface area contributed by atoms with Crippen molar-refractivity contribution in [3.8, 4) is 0 Å². The second kappa shape index (κ2) is 4.67. The Morgan fingerprint density at radius 1 is 1.43 bits per heavy atom. The van der Waals surface area contributed by atoms with Crippen molar-refractivity contribution >= 4 is 19.7 Å². The Balaban J connectivity index is 4.94. The molecule has 0 aromatic rings. The van der Waals surface area contributed by atoms with Crippen molar-refractivity contribution in [2.75, 3.05) is 13.7 Å². The molecule has 0 N–H and O–H groups in total. The third-order valence-corrected chi connectivity index (χ3v) is 3.49. The average molecular weight is 255 g/mol. The van der Waals surface area contributed by atoms with Crippen molar-refractivity contribution < 1.29 is 26.3 Å². The molecule has 0 spiro atoms. The van der Waals surface area contributed by atoms with Crippen LogP contribution in [0.25, 0.3) is 0 Å². The molecule has 0 aromatic carbocycles. The standard InChI is InChI=1S/C6H10ClF3O3S/c1-4(3-13-2)5(6(8,9)10)14(7,11)12/h4-5H,3H2,1-2H3. The first-order valence-electron chi connectivity index (χ1n) is 3.59. The number of halogens is 4. The molecule has 0 heterocycles. The first-order valence-corrected chi connectivity index (χ1v) is 5.97. The molecule has 2 atom stereocenters. The first kappa shape index (κ1) is 14.0. The molecule has 3 nitrogen and oxygen atoms in total. The van der Waals surface area contributed by atoms with E-state index in [1.54, 1.807) is 0 Å². The van der Waals surface area contributed by atoms with Gasteiger partial charge in [-0.15, -0.1) is 0 Å². The number of hydrogen-bond acceptors (Lipinski definition) is 3. The van der Waals surface area contributed by atoms with Gasteiger partial charge in [0.25, 0.3) is 0 Å². The van der Waals surface area contributed by atoms with Crippen LogP contribution < -0.4 is 0 Å². The third-order valence-electron chi connectivity index (χ3n) is 1.57. The van der Waals surface area contributed by atoms with E-state index >= 15 is 0 Å². The summed E-state index contributed by atoms with van der Waals surface area (Å²) in [6.45, 7) is 0.789. The summed E-state index contributed by atoms with van der Waals surface area (Å²) in [6, 6.07) is 0. The molecule has 0 bridgehead atoms. The van der Waals surface area contributed by atoms with E-state index in [9.17, 15) is 21.6 Å². The van der Waals surface area contributed by atoms with Crippen LogP contribution in [0.2, 0.25) is 0 Å². The zero-order valence-corrected chi connectivity index (χ0v) is 9.08. The fraction of sp³-hybridized carbons (Fsp3) is 1.00. The van der Waals surface area contributed by atoms with Gasteiger partial charge in [-0.3, -0.25) is 0 Å². The maximum Gasteiger partial charge on any atom is 0.407 e. The fourth-order valence-corrected chi connectivity index (χ4v) is 2.89. The SMILES string of the molecule is COCC(C)C(C(F)(F)F)S(=O)(=O)Cl. The summed E-state index contributed by atoms with van der Waals surface area (Å²) in [5.74, 6) is -1.23. The van der Waals surface area contributed by atoms with Gasteiger partial charge in [0.15, 0.2) is 5.25 Å². The van der Waals surface area contributed by atoms with E-state index in [1.165, 1.54) is 7.11 Å². The molecule has 0 radical (unpaired) electrons. The van der Waals surface area contributed by atoms with Gasteiger partial charge in [-0.2, -0.15) is 13.2 Å². The second-order valence-corrected chi connectivity index (χ2v) is 5.62. The summed E-state index contributed by atoms with van der Waals surface area (Å²) in [5, 5.41) is -2.59. The van der Waals surface area contributed by atoms with Crippen LogP contribution in [0.1, 0.15) is 6.92 Å². The fourth-order valence-electron chi connectivity index (χ4n) is 1.11. The summed E-state index contributed by atoms with van der Waals surface area (Å²) in [7, 11) is 1.22. The summed E-state index contributed by atoms with van der Waals surface area (Å²) in [4.78, 5) is 0. The molecule has 2 unspecified atom stereocenters. The van der Waals surface area contributed by atoms with Crippen LogP contribution in [0.5, 0.6) is 0 Å². The number of hydrogen-bond donors (Lipinski definition) is 0. The Kier molecular flexibility index (Phi) is 4.67. The monoisotopic (exact) mass is 254 g/mol. The van der Waals surface area contributed by atoms with Gasteiger partial charge >= 0.3 is 6.18 Å². The Hall–Kier alpha value is -0.0100. The van der Waals surface area contributed by atoms with Crippen LogP contribution in [0.4, 0.5) is 13.2 Å². The van der Waals surface area contributed by atoms with E-state index in [0.717, 1.165) is 6.92 Å². The van der Waals surface area contributed by atoms with E-state index in [1.807, 2.05) is 0 Å². The van der Waals surface area contributed by atoms with Crippen molar-refractivity contribution in [2.24, 2.45) is 5.92 Å². The van der Waals surface area contributed by atoms with Gasteiger partial charge in [0.1, 0.15) is 0 Å². The van der Waals surface area contributed by atoms with E-state index in [4.69, 9.17) is 10.7 Å². The van der Waals surface area contributed by atoms with Gasteiger partial charge in [0.2, 0.25) is 9.05 Å². The molecule has 0 amide bonds. The van der Waals surface area contributed by atoms with Crippen LogP contribution in [-0.2, 0) is 13.8 Å². The van der Waals surface area contributed by atoms with Crippen molar-refractivity contribution in [3.05, 3.63) is 0 Å². The third kappa shape index (κ3) is 4.02. The average Bonchev–Trinajstić information content (AvgIpc) is 1.78. The maximum atomic E-state index is 12.3. The second-order valence-electron chi connectivity index (χ2n) is 2.87. The molecule has 0 aliphatic rings. The molecule has 0 saturated carbocycles. The van der Waals surface area contributed by atoms with Crippen molar-refractivity contribution in [3.63, 3.8) is 0 Å². The van der Waals surface area contributed by atoms with Gasteiger partial charge in [0, 0.05) is 23.7 Å². The number of ether oxygens (including phenoxy) is 1. The normalized spacial score (nSPS) is 17.9. The van der Waals surface area contributed by atoms with E-state index in [2.05, 4.69) is 4.74 Å². The van der Waals surface area contributed by atoms with Gasteiger partial charge in [-0.05, 0) is 0 Å². The quantitative estimate of drug-likeness (QED) is 0.718. The minimum atomic E-state index is -4.88. The van der Waals surface area contributed by atoms with E-state index in [0.29, 0.717) is 0 Å². The predicted octanol–water partition coefficient (Wildman–Crippen LogP) is 1.77. The van der Waals surface area contributed by atoms with Crippen molar-refractivity contribution in [2.45, 2.75) is 18.3 Å². The van der Waals surface area contributed by atoms with E-state index in [-0.39, 0.29) is 6.61 Å². The molecule has 8 heteroatoms. The van der Waals surface area contributed by atoms with Gasteiger partial charge in [0.05, 0.1) is 6.61 Å². The largest absolute Gasteiger partial charge is 0.407 e. The highest BCUT2D eigenvalue weighted by atomic mass is 35.7. The zero-order valence-electron chi connectivity index (χ0n) is 7.51. The lowest BCUT2D eigenvalue weighted by Gasteiger charge is -2.22. The molecule has 0 aliphatic carbocycles. The Morgan fingerprint density at radius 3 is 2.07 bits per heavy atom. The highest BCUT2D eigenvalue weighted by Crippen LogP contribution is 2.33. The zero-order chi connectivity index (χ0) is 11.6. The number of methoxy groups -OCH3 is 1. The summed E-state index contributed by atoms with van der Waals surface area (Å²) in [5.41, 5.74) is 0. The van der Waals surface area contributed by atoms with Crippen LogP contribution in [0, 0.1) is 5.92 Å². The van der Waals surface area contributed by atoms with Crippen LogP contribution in [0.3, 0.4) is 0 Å². The molecule has 0 saturated heterocycles. The lowest BCUT2D eigenvalue weighted by molar-refractivity contribution is -0.141. The predicted molar refractivity (Wildman–Crippen MR) is 45.7 cm³/mol. The van der Waals surface area contributed by atoms with Gasteiger partial charge < -0.3 is 4.74 Å². The number of alkyl halides is 3. The summed E-state index contributed by atoms with van der Waals surface area (Å²) in [6.07, 6.45) is -4.88. The smallest absolute Gasteiger partial charge is 0.384 e. The summed E-state index contributed by atoms with van der Waals surface area (Å²) >= 11 is 0. The molecule has 0 rings (SSSR count). The number of rotatable bonds is 4.